The van der Waals surface area contributed by atoms with E-state index in [1.165, 1.54) is 44.9 Å². The summed E-state index contributed by atoms with van der Waals surface area (Å²) in [6, 6.07) is 9.32. The maximum Gasteiger partial charge on any atom is 0.338 e. The first-order chi connectivity index (χ1) is 12.8. The molecule has 0 amide bonds. The number of esters is 1. The normalized spacial score (nSPS) is 12.1. The second-order valence-electron chi connectivity index (χ2n) is 7.23. The van der Waals surface area contributed by atoms with Gasteiger partial charge in [-0.25, -0.2) is 4.79 Å². The van der Waals surface area contributed by atoms with Gasteiger partial charge >= 0.3 is 5.97 Å². The highest BCUT2D eigenvalue weighted by molar-refractivity contribution is 5.89. The van der Waals surface area contributed by atoms with Crippen molar-refractivity contribution in [1.29, 1.82) is 0 Å². The molecule has 1 aromatic carbocycles. The Hall–Kier alpha value is -1.35. The van der Waals surface area contributed by atoms with Crippen LogP contribution >= 0.6 is 0 Å². The van der Waals surface area contributed by atoms with E-state index in [9.17, 15) is 4.79 Å². The van der Waals surface area contributed by atoms with Gasteiger partial charge in [-0.2, -0.15) is 0 Å². The molecule has 3 nitrogen and oxygen atoms in total. The SMILES string of the molecule is CCCCC[C@H](CCCCCCCCCCO)OC(=O)c1ccccc1. The van der Waals surface area contributed by atoms with Crippen molar-refractivity contribution < 1.29 is 14.6 Å². The number of hydrogen-bond acceptors (Lipinski definition) is 3. The van der Waals surface area contributed by atoms with Gasteiger partial charge in [-0.1, -0.05) is 76.5 Å². The summed E-state index contributed by atoms with van der Waals surface area (Å²) in [5.41, 5.74) is 0.649. The van der Waals surface area contributed by atoms with Gasteiger partial charge in [0.2, 0.25) is 0 Å². The standard InChI is InChI=1S/C23H38O3/c1-2-3-11-18-22(26-23(25)21-16-12-10-13-17-21)19-14-8-6-4-5-7-9-15-20-24/h10,12-13,16-17,22,24H,2-9,11,14-15,18-20H2,1H3/t22-/m1/s1. The molecule has 0 spiro atoms. The number of aliphatic hydroxyl groups is 1. The average Bonchev–Trinajstić information content (AvgIpc) is 2.67. The molecule has 1 rings (SSSR count). The molecule has 0 saturated heterocycles. The van der Waals surface area contributed by atoms with Crippen LogP contribution in [-0.2, 0) is 4.74 Å². The average molecular weight is 363 g/mol. The minimum Gasteiger partial charge on any atom is -0.459 e. The minimum atomic E-state index is -0.184. The molecule has 0 aliphatic carbocycles. The first-order valence-electron chi connectivity index (χ1n) is 10.6. The summed E-state index contributed by atoms with van der Waals surface area (Å²) in [5.74, 6) is -0.184. The summed E-state index contributed by atoms with van der Waals surface area (Å²) < 4.78 is 5.79. The molecule has 0 unspecified atom stereocenters. The molecule has 3 heteroatoms. The van der Waals surface area contributed by atoms with Crippen LogP contribution in [0.5, 0.6) is 0 Å². The topological polar surface area (TPSA) is 46.5 Å². The van der Waals surface area contributed by atoms with Crippen molar-refractivity contribution in [2.75, 3.05) is 6.61 Å². The first-order valence-corrected chi connectivity index (χ1v) is 10.6. The highest BCUT2D eigenvalue weighted by Gasteiger charge is 2.15. The molecule has 0 fully saturated rings. The van der Waals surface area contributed by atoms with Crippen LogP contribution in [-0.4, -0.2) is 23.8 Å². The fourth-order valence-corrected chi connectivity index (χ4v) is 3.22. The molecule has 1 atom stereocenters. The van der Waals surface area contributed by atoms with Gasteiger partial charge in [0.25, 0.3) is 0 Å². The third-order valence-corrected chi connectivity index (χ3v) is 4.85. The van der Waals surface area contributed by atoms with Crippen LogP contribution in [0.2, 0.25) is 0 Å². The van der Waals surface area contributed by atoms with Crippen LogP contribution in [0.1, 0.15) is 101 Å². The highest BCUT2D eigenvalue weighted by atomic mass is 16.5. The van der Waals surface area contributed by atoms with Gasteiger partial charge in [-0.3, -0.25) is 0 Å². The van der Waals surface area contributed by atoms with E-state index in [1.54, 1.807) is 0 Å². The fourth-order valence-electron chi connectivity index (χ4n) is 3.22. The zero-order valence-electron chi connectivity index (χ0n) is 16.6. The summed E-state index contributed by atoms with van der Waals surface area (Å²) in [6.07, 6.45) is 15.0. The van der Waals surface area contributed by atoms with Crippen LogP contribution in [0.3, 0.4) is 0 Å². The van der Waals surface area contributed by atoms with E-state index in [-0.39, 0.29) is 12.1 Å². The summed E-state index contributed by atoms with van der Waals surface area (Å²) >= 11 is 0. The molecule has 0 heterocycles. The van der Waals surface area contributed by atoms with Crippen molar-refractivity contribution in [2.45, 2.75) is 96.5 Å². The third kappa shape index (κ3) is 11.3. The quantitative estimate of drug-likeness (QED) is 0.277. The van der Waals surface area contributed by atoms with Crippen molar-refractivity contribution in [3.05, 3.63) is 35.9 Å². The van der Waals surface area contributed by atoms with Gasteiger partial charge in [-0.05, 0) is 44.2 Å². The van der Waals surface area contributed by atoms with Gasteiger partial charge in [-0.15, -0.1) is 0 Å². The summed E-state index contributed by atoms with van der Waals surface area (Å²) in [7, 11) is 0. The van der Waals surface area contributed by atoms with Gasteiger partial charge in [0, 0.05) is 6.61 Å². The zero-order chi connectivity index (χ0) is 18.9. The lowest BCUT2D eigenvalue weighted by molar-refractivity contribution is 0.0249. The second kappa shape index (κ2) is 15.9. The zero-order valence-corrected chi connectivity index (χ0v) is 16.6. The maximum atomic E-state index is 12.3. The molecule has 0 aromatic heterocycles. The Labute approximate surface area is 160 Å². The maximum absolute atomic E-state index is 12.3. The van der Waals surface area contributed by atoms with Gasteiger partial charge < -0.3 is 9.84 Å². The number of aliphatic hydroxyl groups excluding tert-OH is 1. The van der Waals surface area contributed by atoms with Crippen molar-refractivity contribution in [2.24, 2.45) is 0 Å². The Morgan fingerprint density at radius 2 is 1.38 bits per heavy atom. The van der Waals surface area contributed by atoms with Gasteiger partial charge in [0.15, 0.2) is 0 Å². The molecule has 1 N–H and O–H groups in total. The Kier molecular flexibility index (Phi) is 13.8. The van der Waals surface area contributed by atoms with Crippen LogP contribution < -0.4 is 0 Å². The lowest BCUT2D eigenvalue weighted by atomic mass is 10.0. The lowest BCUT2D eigenvalue weighted by Crippen LogP contribution is -2.18. The number of benzene rings is 1. The summed E-state index contributed by atoms with van der Waals surface area (Å²) in [5, 5.41) is 8.77. The number of rotatable bonds is 16. The van der Waals surface area contributed by atoms with E-state index >= 15 is 0 Å². The van der Waals surface area contributed by atoms with Crippen LogP contribution in [0.25, 0.3) is 0 Å². The fraction of sp³-hybridized carbons (Fsp3) is 0.696. The van der Waals surface area contributed by atoms with E-state index in [1.807, 2.05) is 30.3 Å². The van der Waals surface area contributed by atoms with Crippen molar-refractivity contribution >= 4 is 5.97 Å². The molecular weight excluding hydrogens is 324 g/mol. The van der Waals surface area contributed by atoms with Crippen molar-refractivity contribution in [1.82, 2.24) is 0 Å². The van der Waals surface area contributed by atoms with E-state index in [0.717, 1.165) is 38.5 Å². The highest BCUT2D eigenvalue weighted by Crippen LogP contribution is 2.17. The predicted molar refractivity (Wildman–Crippen MR) is 108 cm³/mol. The Morgan fingerprint density at radius 1 is 0.846 bits per heavy atom. The van der Waals surface area contributed by atoms with Crippen molar-refractivity contribution in [3.8, 4) is 0 Å². The van der Waals surface area contributed by atoms with E-state index in [4.69, 9.17) is 9.84 Å². The van der Waals surface area contributed by atoms with Crippen LogP contribution in [0, 0.1) is 0 Å². The third-order valence-electron chi connectivity index (χ3n) is 4.85. The van der Waals surface area contributed by atoms with Crippen molar-refractivity contribution in [3.63, 3.8) is 0 Å². The largest absolute Gasteiger partial charge is 0.459 e. The Balaban J connectivity index is 2.24. The predicted octanol–water partition coefficient (Wildman–Crippen LogP) is 6.30. The van der Waals surface area contributed by atoms with E-state index in [0.29, 0.717) is 12.2 Å². The van der Waals surface area contributed by atoms with E-state index in [2.05, 4.69) is 6.92 Å². The van der Waals surface area contributed by atoms with Crippen LogP contribution in [0.4, 0.5) is 0 Å². The Morgan fingerprint density at radius 3 is 1.96 bits per heavy atom. The first kappa shape index (κ1) is 22.7. The summed E-state index contributed by atoms with van der Waals surface area (Å²) in [4.78, 5) is 12.3. The lowest BCUT2D eigenvalue weighted by Gasteiger charge is -2.18. The number of carbonyl (C=O) groups excluding carboxylic acids is 1. The molecule has 0 bridgehead atoms. The molecule has 148 valence electrons. The van der Waals surface area contributed by atoms with Crippen LogP contribution in [0.15, 0.2) is 30.3 Å². The number of unbranched alkanes of at least 4 members (excludes halogenated alkanes) is 9. The number of ether oxygens (including phenoxy) is 1. The molecule has 0 aliphatic rings. The number of carbonyl (C=O) groups is 1. The summed E-state index contributed by atoms with van der Waals surface area (Å²) in [6.45, 7) is 2.52. The molecule has 26 heavy (non-hydrogen) atoms. The minimum absolute atomic E-state index is 0.0545. The number of hydrogen-bond donors (Lipinski definition) is 1. The molecule has 0 aliphatic heterocycles. The molecular formula is C23H38O3. The smallest absolute Gasteiger partial charge is 0.338 e. The van der Waals surface area contributed by atoms with Gasteiger partial charge in [0.05, 0.1) is 5.56 Å². The monoisotopic (exact) mass is 362 g/mol. The second-order valence-corrected chi connectivity index (χ2v) is 7.23. The molecule has 0 radical (unpaired) electrons. The molecule has 0 saturated carbocycles. The van der Waals surface area contributed by atoms with Gasteiger partial charge in [0.1, 0.15) is 6.10 Å². The Bertz CT molecular complexity index is 444. The van der Waals surface area contributed by atoms with E-state index < -0.39 is 0 Å². The molecule has 1 aromatic rings.